The Hall–Kier alpha value is -0.410. The van der Waals surface area contributed by atoms with E-state index in [9.17, 15) is 9.59 Å². The quantitative estimate of drug-likeness (QED) is 0.454. The number of hydrogen-bond donors (Lipinski definition) is 0. The second kappa shape index (κ2) is 7.25. The van der Waals surface area contributed by atoms with Crippen LogP contribution >= 0.6 is 11.6 Å². The van der Waals surface area contributed by atoms with Gasteiger partial charge in [0.15, 0.2) is 5.78 Å². The van der Waals surface area contributed by atoms with E-state index in [4.69, 9.17) is 11.6 Å². The number of Topliss-reactive ketones (excluding diaryl/α,β-unsaturated/α-hetero) is 1. The van der Waals surface area contributed by atoms with Gasteiger partial charge in [0, 0.05) is 20.0 Å². The largest absolute Gasteiger partial charge is 0.377 e. The van der Waals surface area contributed by atoms with Gasteiger partial charge in [0.05, 0.1) is 0 Å². The summed E-state index contributed by atoms with van der Waals surface area (Å²) in [5.74, 6) is 0.0690. The van der Waals surface area contributed by atoms with Crippen LogP contribution in [0.5, 0.6) is 0 Å². The topological polar surface area (TPSA) is 43.4 Å². The Balaban J connectivity index is 3.19. The fourth-order valence-electron chi connectivity index (χ4n) is 0.819. The molecule has 0 spiro atoms. The van der Waals surface area contributed by atoms with Crippen LogP contribution in [0.25, 0.3) is 0 Å². The van der Waals surface area contributed by atoms with E-state index in [-0.39, 0.29) is 17.6 Å². The zero-order valence-electron chi connectivity index (χ0n) is 7.14. The highest BCUT2D eigenvalue weighted by molar-refractivity contribution is 6.63. The first kappa shape index (κ1) is 11.6. The number of hydrogen-bond acceptors (Lipinski definition) is 3. The van der Waals surface area contributed by atoms with Crippen LogP contribution in [0.15, 0.2) is 0 Å². The first-order valence-electron chi connectivity index (χ1n) is 3.85. The van der Waals surface area contributed by atoms with Gasteiger partial charge in [0.1, 0.15) is 6.61 Å². The molecule has 0 unspecified atom stereocenters. The Morgan fingerprint density at radius 2 is 1.83 bits per heavy atom. The van der Waals surface area contributed by atoms with Crippen LogP contribution in [-0.4, -0.2) is 24.7 Å². The number of ketones is 1. The second-order valence-electron chi connectivity index (χ2n) is 2.53. The first-order valence-corrected chi connectivity index (χ1v) is 4.23. The van der Waals surface area contributed by atoms with Crippen molar-refractivity contribution >= 4 is 22.6 Å². The average Bonchev–Trinajstić information content (AvgIpc) is 1.98. The third-order valence-electron chi connectivity index (χ3n) is 1.38. The van der Waals surface area contributed by atoms with Gasteiger partial charge in [-0.2, -0.15) is 0 Å². The number of ether oxygens (including phenoxy) is 1. The van der Waals surface area contributed by atoms with E-state index < -0.39 is 0 Å². The van der Waals surface area contributed by atoms with Crippen molar-refractivity contribution in [1.82, 2.24) is 0 Å². The fraction of sp³-hybridized carbons (Fsp3) is 0.750. The Morgan fingerprint density at radius 3 is 2.33 bits per heavy atom. The molecule has 0 fully saturated rings. The molecule has 12 heavy (non-hydrogen) atoms. The van der Waals surface area contributed by atoms with Crippen molar-refractivity contribution in [3.63, 3.8) is 0 Å². The molecular weight excluding hydrogens is 180 g/mol. The number of halogens is 1. The molecule has 0 rings (SSSR count). The summed E-state index contributed by atoms with van der Waals surface area (Å²) in [6, 6.07) is 0. The summed E-state index contributed by atoms with van der Waals surface area (Å²) >= 11 is 5.11. The van der Waals surface area contributed by atoms with E-state index in [1.54, 1.807) is 0 Å². The number of carbonyl (C=O) groups excluding carboxylic acids is 2. The van der Waals surface area contributed by atoms with Gasteiger partial charge in [0.2, 0.25) is 5.24 Å². The van der Waals surface area contributed by atoms with Crippen LogP contribution in [0.3, 0.4) is 0 Å². The van der Waals surface area contributed by atoms with Crippen LogP contribution in [0.4, 0.5) is 0 Å². The molecule has 0 N–H and O–H groups in total. The highest BCUT2D eigenvalue weighted by Gasteiger charge is 2.01. The van der Waals surface area contributed by atoms with E-state index >= 15 is 0 Å². The summed E-state index contributed by atoms with van der Waals surface area (Å²) < 4.78 is 4.64. The Kier molecular flexibility index (Phi) is 7.00. The Bertz CT molecular complexity index is 156. The van der Waals surface area contributed by atoms with Crippen molar-refractivity contribution in [1.29, 1.82) is 0 Å². The van der Waals surface area contributed by atoms with Crippen LogP contribution in [0.1, 0.15) is 25.7 Å². The minimum Gasteiger partial charge on any atom is -0.377 e. The summed E-state index contributed by atoms with van der Waals surface area (Å²) in [4.78, 5) is 21.1. The van der Waals surface area contributed by atoms with Crippen molar-refractivity contribution in [2.24, 2.45) is 0 Å². The summed E-state index contributed by atoms with van der Waals surface area (Å²) in [5, 5.41) is -0.339. The van der Waals surface area contributed by atoms with Crippen molar-refractivity contribution in [3.05, 3.63) is 0 Å². The molecule has 0 heterocycles. The molecule has 0 bridgehead atoms. The summed E-state index contributed by atoms with van der Waals surface area (Å²) in [5.41, 5.74) is 0. The van der Waals surface area contributed by atoms with Gasteiger partial charge in [-0.15, -0.1) is 0 Å². The molecule has 0 aliphatic heterocycles. The molecule has 0 atom stereocenters. The Morgan fingerprint density at radius 1 is 1.25 bits per heavy atom. The molecule has 0 aliphatic rings. The zero-order valence-corrected chi connectivity index (χ0v) is 7.89. The summed E-state index contributed by atoms with van der Waals surface area (Å²) in [6.45, 7) is 0.162. The van der Waals surface area contributed by atoms with Crippen molar-refractivity contribution in [2.45, 2.75) is 25.7 Å². The molecule has 70 valence electrons. The summed E-state index contributed by atoms with van der Waals surface area (Å²) in [6.07, 6.45) is 2.21. The lowest BCUT2D eigenvalue weighted by Crippen LogP contribution is -2.05. The van der Waals surface area contributed by atoms with E-state index in [0.717, 1.165) is 0 Å². The molecule has 0 aromatic rings. The highest BCUT2D eigenvalue weighted by Crippen LogP contribution is 2.02. The SMILES string of the molecule is COCC(=O)CCCCC(=O)Cl. The monoisotopic (exact) mass is 192 g/mol. The lowest BCUT2D eigenvalue weighted by atomic mass is 10.1. The average molecular weight is 193 g/mol. The molecular formula is C8H13ClO3. The van der Waals surface area contributed by atoms with Gasteiger partial charge < -0.3 is 4.74 Å². The molecule has 0 aromatic carbocycles. The van der Waals surface area contributed by atoms with Crippen LogP contribution in [0.2, 0.25) is 0 Å². The third kappa shape index (κ3) is 7.69. The minimum atomic E-state index is -0.339. The van der Waals surface area contributed by atoms with Gasteiger partial charge in [-0.3, -0.25) is 9.59 Å². The van der Waals surface area contributed by atoms with Crippen LogP contribution in [0, 0.1) is 0 Å². The number of methoxy groups -OCH3 is 1. The highest BCUT2D eigenvalue weighted by atomic mass is 35.5. The molecule has 4 heteroatoms. The van der Waals surface area contributed by atoms with Gasteiger partial charge in [-0.05, 0) is 24.4 Å². The Labute approximate surface area is 77.0 Å². The second-order valence-corrected chi connectivity index (χ2v) is 2.96. The van der Waals surface area contributed by atoms with E-state index in [2.05, 4.69) is 4.74 Å². The fourth-order valence-corrected chi connectivity index (χ4v) is 0.953. The smallest absolute Gasteiger partial charge is 0.221 e. The molecule has 0 saturated carbocycles. The third-order valence-corrected chi connectivity index (χ3v) is 1.57. The molecule has 0 saturated heterocycles. The number of carbonyl (C=O) groups is 2. The van der Waals surface area contributed by atoms with E-state index in [0.29, 0.717) is 25.7 Å². The first-order chi connectivity index (χ1) is 5.66. The molecule has 0 aliphatic carbocycles. The van der Waals surface area contributed by atoms with E-state index in [1.165, 1.54) is 7.11 Å². The van der Waals surface area contributed by atoms with Crippen LogP contribution in [-0.2, 0) is 14.3 Å². The maximum atomic E-state index is 10.8. The van der Waals surface area contributed by atoms with Crippen LogP contribution < -0.4 is 0 Å². The van der Waals surface area contributed by atoms with Gasteiger partial charge in [0.25, 0.3) is 0 Å². The minimum absolute atomic E-state index is 0.0690. The lowest BCUT2D eigenvalue weighted by molar-refractivity contribution is -0.123. The molecule has 0 aromatic heterocycles. The van der Waals surface area contributed by atoms with Crippen molar-refractivity contribution < 1.29 is 14.3 Å². The number of unbranched alkanes of at least 4 members (excludes halogenated alkanes) is 1. The summed E-state index contributed by atoms with van der Waals surface area (Å²) in [7, 11) is 1.49. The lowest BCUT2D eigenvalue weighted by Gasteiger charge is -1.97. The van der Waals surface area contributed by atoms with E-state index in [1.807, 2.05) is 0 Å². The predicted molar refractivity (Wildman–Crippen MR) is 46.2 cm³/mol. The number of rotatable bonds is 7. The van der Waals surface area contributed by atoms with Gasteiger partial charge in [-0.25, -0.2) is 0 Å². The molecule has 3 nitrogen and oxygen atoms in total. The maximum absolute atomic E-state index is 10.8. The molecule has 0 amide bonds. The normalized spacial score (nSPS) is 9.83. The van der Waals surface area contributed by atoms with Gasteiger partial charge in [-0.1, -0.05) is 0 Å². The zero-order chi connectivity index (χ0) is 9.40. The standard InChI is InChI=1S/C8H13ClO3/c1-12-6-7(10)4-2-3-5-8(9)11/h2-6H2,1H3. The maximum Gasteiger partial charge on any atom is 0.221 e. The van der Waals surface area contributed by atoms with Crippen molar-refractivity contribution in [2.75, 3.05) is 13.7 Å². The van der Waals surface area contributed by atoms with Gasteiger partial charge >= 0.3 is 0 Å². The van der Waals surface area contributed by atoms with Crippen molar-refractivity contribution in [3.8, 4) is 0 Å². The predicted octanol–water partition coefficient (Wildman–Crippen LogP) is 1.53. The molecule has 0 radical (unpaired) electrons.